The first-order chi connectivity index (χ1) is 4.83. The molecule has 0 radical (unpaired) electrons. The molecule has 0 aliphatic heterocycles. The predicted molar refractivity (Wildman–Crippen MR) is 58.1 cm³/mol. The molecule has 0 atom stereocenters. The van der Waals surface area contributed by atoms with Crippen molar-refractivity contribution < 1.29 is 0 Å². The zero-order valence-electron chi connectivity index (χ0n) is 7.42. The number of rotatable bonds is 2. The predicted octanol–water partition coefficient (Wildman–Crippen LogP) is 1.70. The molecule has 1 fully saturated rings. The maximum atomic E-state index is 5.67. The van der Waals surface area contributed by atoms with Crippen LogP contribution in [0.3, 0.4) is 0 Å². The summed E-state index contributed by atoms with van der Waals surface area (Å²) in [6.45, 7) is 1.56. The molecule has 12 heavy (non-hydrogen) atoms. The third-order valence-electron chi connectivity index (χ3n) is 2.78. The fourth-order valence-electron chi connectivity index (χ4n) is 1.79. The van der Waals surface area contributed by atoms with E-state index < -0.39 is 0 Å². The summed E-state index contributed by atoms with van der Waals surface area (Å²) in [7, 11) is 0. The fraction of sp³-hybridized carbons (Fsp3) is 1.00. The molecule has 1 aliphatic rings. The first-order valence-electron chi connectivity index (χ1n) is 4.23. The number of nitrogens with two attached hydrogens (primary N) is 2. The van der Waals surface area contributed by atoms with Crippen molar-refractivity contribution in [3.05, 3.63) is 0 Å². The van der Waals surface area contributed by atoms with Gasteiger partial charge in [0.15, 0.2) is 0 Å². The van der Waals surface area contributed by atoms with Gasteiger partial charge in [-0.05, 0) is 31.3 Å². The van der Waals surface area contributed by atoms with Crippen molar-refractivity contribution in [3.8, 4) is 0 Å². The second-order valence-electron chi connectivity index (χ2n) is 3.47. The lowest BCUT2D eigenvalue weighted by atomic mass is 9.74. The average Bonchev–Trinajstić information content (AvgIpc) is 2.06. The second kappa shape index (κ2) is 6.96. The lowest BCUT2D eigenvalue weighted by molar-refractivity contribution is 0.208. The molecule has 4 heteroatoms. The average molecular weight is 215 g/mol. The van der Waals surface area contributed by atoms with Crippen LogP contribution in [-0.4, -0.2) is 13.1 Å². The van der Waals surface area contributed by atoms with Gasteiger partial charge in [-0.1, -0.05) is 19.3 Å². The van der Waals surface area contributed by atoms with Crippen molar-refractivity contribution in [2.45, 2.75) is 32.1 Å². The number of hydrogen-bond donors (Lipinski definition) is 2. The molecule has 0 aromatic rings. The van der Waals surface area contributed by atoms with E-state index in [0.29, 0.717) is 5.41 Å². The maximum Gasteiger partial charge on any atom is -0.000844 e. The van der Waals surface area contributed by atoms with Gasteiger partial charge < -0.3 is 11.5 Å². The van der Waals surface area contributed by atoms with Gasteiger partial charge in [0.05, 0.1) is 0 Å². The van der Waals surface area contributed by atoms with Crippen LogP contribution in [0.1, 0.15) is 32.1 Å². The highest BCUT2D eigenvalue weighted by molar-refractivity contribution is 5.85. The van der Waals surface area contributed by atoms with Crippen molar-refractivity contribution in [1.29, 1.82) is 0 Å². The summed E-state index contributed by atoms with van der Waals surface area (Å²) in [5, 5.41) is 0. The largest absolute Gasteiger partial charge is 0.330 e. The van der Waals surface area contributed by atoms with Gasteiger partial charge in [-0.2, -0.15) is 0 Å². The van der Waals surface area contributed by atoms with Gasteiger partial charge in [0, 0.05) is 0 Å². The standard InChI is InChI=1S/C8H18N2.2ClH/c9-6-8(7-10)4-2-1-3-5-8;;/h1-7,9-10H2;2*1H. The van der Waals surface area contributed by atoms with Gasteiger partial charge in [0.2, 0.25) is 0 Å². The highest BCUT2D eigenvalue weighted by atomic mass is 35.5. The van der Waals surface area contributed by atoms with Crippen molar-refractivity contribution in [3.63, 3.8) is 0 Å². The SMILES string of the molecule is Cl.Cl.NCC1(CN)CCCCC1. The van der Waals surface area contributed by atoms with Gasteiger partial charge in [-0.25, -0.2) is 0 Å². The smallest absolute Gasteiger partial charge is 0.000844 e. The summed E-state index contributed by atoms with van der Waals surface area (Å²) in [6, 6.07) is 0. The Balaban J connectivity index is 0. The first-order valence-corrected chi connectivity index (χ1v) is 4.23. The van der Waals surface area contributed by atoms with Gasteiger partial charge in [0.1, 0.15) is 0 Å². The third-order valence-corrected chi connectivity index (χ3v) is 2.78. The van der Waals surface area contributed by atoms with E-state index in [0.717, 1.165) is 13.1 Å². The Bertz CT molecular complexity index is 97.2. The van der Waals surface area contributed by atoms with Crippen LogP contribution in [0.5, 0.6) is 0 Å². The lowest BCUT2D eigenvalue weighted by Crippen LogP contribution is -2.39. The molecule has 0 aromatic heterocycles. The molecule has 0 bridgehead atoms. The Morgan fingerprint density at radius 1 is 0.833 bits per heavy atom. The molecule has 0 spiro atoms. The minimum absolute atomic E-state index is 0. The lowest BCUT2D eigenvalue weighted by Gasteiger charge is -2.34. The van der Waals surface area contributed by atoms with Crippen LogP contribution >= 0.6 is 24.8 Å². The van der Waals surface area contributed by atoms with Crippen LogP contribution in [0, 0.1) is 5.41 Å². The van der Waals surface area contributed by atoms with E-state index in [1.807, 2.05) is 0 Å². The van der Waals surface area contributed by atoms with Crippen molar-refractivity contribution in [2.24, 2.45) is 16.9 Å². The van der Waals surface area contributed by atoms with Crippen LogP contribution in [0.15, 0.2) is 0 Å². The molecule has 1 saturated carbocycles. The van der Waals surface area contributed by atoms with Crippen LogP contribution in [0.2, 0.25) is 0 Å². The van der Waals surface area contributed by atoms with Gasteiger partial charge >= 0.3 is 0 Å². The molecule has 0 aromatic carbocycles. The maximum absolute atomic E-state index is 5.67. The Hall–Kier alpha value is 0.500. The molecule has 0 saturated heterocycles. The van der Waals surface area contributed by atoms with E-state index in [-0.39, 0.29) is 24.8 Å². The summed E-state index contributed by atoms with van der Waals surface area (Å²) < 4.78 is 0. The van der Waals surface area contributed by atoms with Crippen LogP contribution in [-0.2, 0) is 0 Å². The molecule has 0 unspecified atom stereocenters. The van der Waals surface area contributed by atoms with E-state index >= 15 is 0 Å². The topological polar surface area (TPSA) is 52.0 Å². The van der Waals surface area contributed by atoms with Crippen molar-refractivity contribution >= 4 is 24.8 Å². The van der Waals surface area contributed by atoms with Crippen LogP contribution in [0.25, 0.3) is 0 Å². The molecule has 2 nitrogen and oxygen atoms in total. The van der Waals surface area contributed by atoms with Gasteiger partial charge in [-0.15, -0.1) is 24.8 Å². The normalized spacial score (nSPS) is 20.5. The molecular formula is C8H20Cl2N2. The highest BCUT2D eigenvalue weighted by Crippen LogP contribution is 2.33. The molecule has 4 N–H and O–H groups in total. The highest BCUT2D eigenvalue weighted by Gasteiger charge is 2.28. The molecule has 0 heterocycles. The van der Waals surface area contributed by atoms with E-state index in [2.05, 4.69) is 0 Å². The van der Waals surface area contributed by atoms with E-state index in [9.17, 15) is 0 Å². The van der Waals surface area contributed by atoms with E-state index in [1.54, 1.807) is 0 Å². The summed E-state index contributed by atoms with van der Waals surface area (Å²) in [6.07, 6.45) is 6.53. The zero-order chi connectivity index (χ0) is 7.45. The monoisotopic (exact) mass is 214 g/mol. The number of halogens is 2. The molecule has 1 rings (SSSR count). The Morgan fingerprint density at radius 3 is 1.50 bits per heavy atom. The number of hydrogen-bond acceptors (Lipinski definition) is 2. The van der Waals surface area contributed by atoms with Gasteiger partial charge in [0.25, 0.3) is 0 Å². The molecule has 0 amide bonds. The minimum atomic E-state index is 0. The molecule has 76 valence electrons. The summed E-state index contributed by atoms with van der Waals surface area (Å²) in [5.74, 6) is 0. The van der Waals surface area contributed by atoms with E-state index in [1.165, 1.54) is 32.1 Å². The minimum Gasteiger partial charge on any atom is -0.330 e. The third kappa shape index (κ3) is 3.48. The van der Waals surface area contributed by atoms with Crippen molar-refractivity contribution in [2.75, 3.05) is 13.1 Å². The summed E-state index contributed by atoms with van der Waals surface area (Å²) in [5.41, 5.74) is 11.7. The zero-order valence-corrected chi connectivity index (χ0v) is 9.05. The second-order valence-corrected chi connectivity index (χ2v) is 3.47. The molecular weight excluding hydrogens is 195 g/mol. The summed E-state index contributed by atoms with van der Waals surface area (Å²) >= 11 is 0. The quantitative estimate of drug-likeness (QED) is 0.736. The molecule has 1 aliphatic carbocycles. The van der Waals surface area contributed by atoms with Gasteiger partial charge in [-0.3, -0.25) is 0 Å². The van der Waals surface area contributed by atoms with Crippen LogP contribution < -0.4 is 11.5 Å². The Labute approximate surface area is 87.3 Å². The van der Waals surface area contributed by atoms with E-state index in [4.69, 9.17) is 11.5 Å². The van der Waals surface area contributed by atoms with Crippen molar-refractivity contribution in [1.82, 2.24) is 0 Å². The Morgan fingerprint density at radius 2 is 1.25 bits per heavy atom. The summed E-state index contributed by atoms with van der Waals surface area (Å²) in [4.78, 5) is 0. The Kier molecular flexibility index (Phi) is 8.69. The fourth-order valence-corrected chi connectivity index (χ4v) is 1.79. The first kappa shape index (κ1) is 15.0. The van der Waals surface area contributed by atoms with Crippen LogP contribution in [0.4, 0.5) is 0 Å².